The Balaban J connectivity index is 2.01. The van der Waals surface area contributed by atoms with Gasteiger partial charge in [0.2, 0.25) is 5.91 Å². The van der Waals surface area contributed by atoms with Gasteiger partial charge in [-0.15, -0.1) is 0 Å². The lowest BCUT2D eigenvalue weighted by atomic mass is 10.0. The number of anilines is 1. The van der Waals surface area contributed by atoms with Gasteiger partial charge in [0.25, 0.3) is 5.91 Å². The SMILES string of the molecule is Cc1ccc(N(C(=O)c2ccccc2)C2CCCCNC2=O)cc1. The first-order valence-corrected chi connectivity index (χ1v) is 8.40. The van der Waals surface area contributed by atoms with E-state index >= 15 is 0 Å². The van der Waals surface area contributed by atoms with Gasteiger partial charge in [0.15, 0.2) is 0 Å². The summed E-state index contributed by atoms with van der Waals surface area (Å²) in [5, 5.41) is 2.93. The van der Waals surface area contributed by atoms with Crippen molar-refractivity contribution in [3.8, 4) is 0 Å². The molecule has 1 heterocycles. The third-order valence-corrected chi connectivity index (χ3v) is 4.37. The summed E-state index contributed by atoms with van der Waals surface area (Å²) >= 11 is 0. The molecule has 0 aliphatic carbocycles. The highest BCUT2D eigenvalue weighted by molar-refractivity contribution is 6.09. The van der Waals surface area contributed by atoms with E-state index in [-0.39, 0.29) is 11.8 Å². The van der Waals surface area contributed by atoms with Crippen molar-refractivity contribution in [2.45, 2.75) is 32.2 Å². The standard InChI is InChI=1S/C20H22N2O2/c1-15-10-12-17(13-11-15)22(18-9-5-6-14-21-19(18)23)20(24)16-7-3-2-4-8-16/h2-4,7-8,10-13,18H,5-6,9,14H2,1H3,(H,21,23). The molecule has 0 spiro atoms. The molecule has 3 rings (SSSR count). The smallest absolute Gasteiger partial charge is 0.259 e. The summed E-state index contributed by atoms with van der Waals surface area (Å²) in [4.78, 5) is 27.3. The van der Waals surface area contributed by atoms with E-state index in [1.807, 2.05) is 49.4 Å². The third kappa shape index (κ3) is 3.48. The molecule has 1 N–H and O–H groups in total. The van der Waals surface area contributed by atoms with Crippen LogP contribution in [-0.4, -0.2) is 24.4 Å². The highest BCUT2D eigenvalue weighted by Crippen LogP contribution is 2.24. The third-order valence-electron chi connectivity index (χ3n) is 4.37. The molecule has 0 aromatic heterocycles. The van der Waals surface area contributed by atoms with Crippen LogP contribution in [0.1, 0.15) is 35.2 Å². The first-order valence-electron chi connectivity index (χ1n) is 8.40. The van der Waals surface area contributed by atoms with Gasteiger partial charge in [0.1, 0.15) is 6.04 Å². The number of carbonyl (C=O) groups is 2. The largest absolute Gasteiger partial charge is 0.354 e. The van der Waals surface area contributed by atoms with Gasteiger partial charge in [0.05, 0.1) is 0 Å². The fraction of sp³-hybridized carbons (Fsp3) is 0.300. The van der Waals surface area contributed by atoms with Crippen molar-refractivity contribution in [3.63, 3.8) is 0 Å². The predicted molar refractivity (Wildman–Crippen MR) is 95.1 cm³/mol. The number of rotatable bonds is 3. The first-order chi connectivity index (χ1) is 11.7. The summed E-state index contributed by atoms with van der Waals surface area (Å²) in [6.45, 7) is 2.68. The first kappa shape index (κ1) is 16.2. The van der Waals surface area contributed by atoms with E-state index in [0.717, 1.165) is 24.1 Å². The van der Waals surface area contributed by atoms with Gasteiger partial charge >= 0.3 is 0 Å². The van der Waals surface area contributed by atoms with E-state index in [4.69, 9.17) is 0 Å². The van der Waals surface area contributed by atoms with Gasteiger partial charge in [-0.1, -0.05) is 35.9 Å². The number of benzene rings is 2. The molecule has 0 bridgehead atoms. The molecule has 2 amide bonds. The lowest BCUT2D eigenvalue weighted by Crippen LogP contribution is -2.49. The monoisotopic (exact) mass is 322 g/mol. The number of carbonyl (C=O) groups excluding carboxylic acids is 2. The predicted octanol–water partition coefficient (Wildman–Crippen LogP) is 3.31. The summed E-state index contributed by atoms with van der Waals surface area (Å²) < 4.78 is 0. The van der Waals surface area contributed by atoms with E-state index in [1.54, 1.807) is 17.0 Å². The summed E-state index contributed by atoms with van der Waals surface area (Å²) in [7, 11) is 0. The maximum atomic E-state index is 13.1. The average molecular weight is 322 g/mol. The zero-order valence-corrected chi connectivity index (χ0v) is 13.9. The quantitative estimate of drug-likeness (QED) is 0.942. The fourth-order valence-electron chi connectivity index (χ4n) is 3.03. The molecule has 1 aliphatic rings. The molecule has 1 unspecified atom stereocenters. The Kier molecular flexibility index (Phi) is 4.94. The molecule has 1 fully saturated rings. The van der Waals surface area contributed by atoms with Crippen LogP contribution >= 0.6 is 0 Å². The second kappa shape index (κ2) is 7.30. The Bertz CT molecular complexity index is 710. The Labute approximate surface area is 142 Å². The molecule has 1 aliphatic heterocycles. The van der Waals surface area contributed by atoms with Crippen molar-refractivity contribution in [1.82, 2.24) is 5.32 Å². The number of nitrogens with zero attached hydrogens (tertiary/aromatic N) is 1. The molecular formula is C20H22N2O2. The molecule has 4 heteroatoms. The second-order valence-electron chi connectivity index (χ2n) is 6.18. The minimum atomic E-state index is -0.470. The van der Waals surface area contributed by atoms with Crippen molar-refractivity contribution in [1.29, 1.82) is 0 Å². The topological polar surface area (TPSA) is 49.4 Å². The van der Waals surface area contributed by atoms with Crippen LogP contribution in [-0.2, 0) is 4.79 Å². The number of amides is 2. The zero-order valence-electron chi connectivity index (χ0n) is 13.9. The molecule has 2 aromatic carbocycles. The lowest BCUT2D eigenvalue weighted by Gasteiger charge is -2.30. The molecule has 0 radical (unpaired) electrons. The minimum absolute atomic E-state index is 0.0719. The molecule has 2 aromatic rings. The maximum Gasteiger partial charge on any atom is 0.259 e. The van der Waals surface area contributed by atoms with E-state index in [0.29, 0.717) is 18.5 Å². The van der Waals surface area contributed by atoms with Crippen LogP contribution < -0.4 is 10.2 Å². The van der Waals surface area contributed by atoms with Crippen molar-refractivity contribution in [2.24, 2.45) is 0 Å². The summed E-state index contributed by atoms with van der Waals surface area (Å²) in [5.74, 6) is -0.209. The van der Waals surface area contributed by atoms with Gasteiger partial charge in [-0.3, -0.25) is 14.5 Å². The van der Waals surface area contributed by atoms with Crippen molar-refractivity contribution in [2.75, 3.05) is 11.4 Å². The highest BCUT2D eigenvalue weighted by atomic mass is 16.2. The van der Waals surface area contributed by atoms with Crippen LogP contribution in [0.5, 0.6) is 0 Å². The van der Waals surface area contributed by atoms with Crippen LogP contribution in [0.2, 0.25) is 0 Å². The van der Waals surface area contributed by atoms with Gasteiger partial charge in [-0.25, -0.2) is 0 Å². The molecular weight excluding hydrogens is 300 g/mol. The van der Waals surface area contributed by atoms with Crippen LogP contribution in [0.15, 0.2) is 54.6 Å². The molecule has 1 atom stereocenters. The second-order valence-corrected chi connectivity index (χ2v) is 6.18. The van der Waals surface area contributed by atoms with E-state index in [9.17, 15) is 9.59 Å². The van der Waals surface area contributed by atoms with Crippen LogP contribution in [0.4, 0.5) is 5.69 Å². The highest BCUT2D eigenvalue weighted by Gasteiger charge is 2.32. The summed E-state index contributed by atoms with van der Waals surface area (Å²) in [6, 6.07) is 16.4. The van der Waals surface area contributed by atoms with Gasteiger partial charge in [-0.2, -0.15) is 0 Å². The van der Waals surface area contributed by atoms with Crippen molar-refractivity contribution >= 4 is 17.5 Å². The van der Waals surface area contributed by atoms with Crippen molar-refractivity contribution in [3.05, 3.63) is 65.7 Å². The Hall–Kier alpha value is -2.62. The number of hydrogen-bond donors (Lipinski definition) is 1. The van der Waals surface area contributed by atoms with Gasteiger partial charge < -0.3 is 5.32 Å². The van der Waals surface area contributed by atoms with Crippen molar-refractivity contribution < 1.29 is 9.59 Å². The molecule has 124 valence electrons. The fourth-order valence-corrected chi connectivity index (χ4v) is 3.03. The Morgan fingerprint density at radius 2 is 1.75 bits per heavy atom. The molecule has 0 saturated carbocycles. The number of nitrogens with one attached hydrogen (secondary N) is 1. The molecule has 24 heavy (non-hydrogen) atoms. The lowest BCUT2D eigenvalue weighted by molar-refractivity contribution is -0.122. The van der Waals surface area contributed by atoms with E-state index in [2.05, 4.69) is 5.32 Å². The van der Waals surface area contributed by atoms with E-state index in [1.165, 1.54) is 0 Å². The molecule has 1 saturated heterocycles. The van der Waals surface area contributed by atoms with Crippen LogP contribution in [0, 0.1) is 6.92 Å². The Morgan fingerprint density at radius 1 is 1.04 bits per heavy atom. The summed E-state index contributed by atoms with van der Waals surface area (Å²) in [5.41, 5.74) is 2.47. The maximum absolute atomic E-state index is 13.1. The van der Waals surface area contributed by atoms with Gasteiger partial charge in [-0.05, 0) is 50.5 Å². The van der Waals surface area contributed by atoms with Gasteiger partial charge in [0, 0.05) is 17.8 Å². The van der Waals surface area contributed by atoms with Crippen LogP contribution in [0.25, 0.3) is 0 Å². The minimum Gasteiger partial charge on any atom is -0.354 e. The Morgan fingerprint density at radius 3 is 2.46 bits per heavy atom. The number of aryl methyl sites for hydroxylation is 1. The van der Waals surface area contributed by atoms with E-state index < -0.39 is 6.04 Å². The number of hydrogen-bond acceptors (Lipinski definition) is 2. The molecule has 4 nitrogen and oxygen atoms in total. The normalized spacial score (nSPS) is 17.7. The summed E-state index contributed by atoms with van der Waals surface area (Å²) in [6.07, 6.45) is 2.55. The zero-order chi connectivity index (χ0) is 16.9. The van der Waals surface area contributed by atoms with Crippen LogP contribution in [0.3, 0.4) is 0 Å². The average Bonchev–Trinajstić information content (AvgIpc) is 2.82.